The van der Waals surface area contributed by atoms with Crippen LogP contribution in [-0.2, 0) is 0 Å². The molecule has 1 saturated heterocycles. The zero-order chi connectivity index (χ0) is 13.4. The summed E-state index contributed by atoms with van der Waals surface area (Å²) < 4.78 is 0. The van der Waals surface area contributed by atoms with Gasteiger partial charge >= 0.3 is 0 Å². The van der Waals surface area contributed by atoms with E-state index in [1.54, 1.807) is 0 Å². The van der Waals surface area contributed by atoms with E-state index in [4.69, 9.17) is 0 Å². The molecule has 2 aliphatic rings. The predicted octanol–water partition coefficient (Wildman–Crippen LogP) is 3.52. The lowest BCUT2D eigenvalue weighted by Crippen LogP contribution is -2.39. The third-order valence-electron chi connectivity index (χ3n) is 4.65. The Kier molecular flexibility index (Phi) is 7.92. The first-order valence-corrected chi connectivity index (χ1v) is 8.17. The zero-order valence-corrected chi connectivity index (χ0v) is 13.0. The van der Waals surface area contributed by atoms with Gasteiger partial charge in [0.1, 0.15) is 0 Å². The highest BCUT2D eigenvalue weighted by Gasteiger charge is 2.23. The van der Waals surface area contributed by atoms with Crippen LogP contribution in [0.1, 0.15) is 59.3 Å². The maximum absolute atomic E-state index is 3.42. The van der Waals surface area contributed by atoms with Crippen molar-refractivity contribution in [2.45, 2.75) is 65.3 Å². The van der Waals surface area contributed by atoms with Gasteiger partial charge in [-0.05, 0) is 70.5 Å². The van der Waals surface area contributed by atoms with E-state index in [-0.39, 0.29) is 0 Å². The van der Waals surface area contributed by atoms with Crippen molar-refractivity contribution in [1.29, 1.82) is 0 Å². The van der Waals surface area contributed by atoms with Gasteiger partial charge in [0, 0.05) is 12.6 Å². The normalized spacial score (nSPS) is 30.7. The third-order valence-corrected chi connectivity index (χ3v) is 4.65. The molecule has 1 N–H and O–H groups in total. The summed E-state index contributed by atoms with van der Waals surface area (Å²) in [5.41, 5.74) is 0. The molecule has 0 aromatic heterocycles. The Morgan fingerprint density at radius 3 is 2.00 bits per heavy atom. The number of piperidine rings is 1. The number of hydrogen-bond acceptors (Lipinski definition) is 2. The highest BCUT2D eigenvalue weighted by molar-refractivity contribution is 4.79. The van der Waals surface area contributed by atoms with Crippen LogP contribution in [0, 0.1) is 11.8 Å². The van der Waals surface area contributed by atoms with E-state index in [0.29, 0.717) is 0 Å². The topological polar surface area (TPSA) is 15.3 Å². The molecule has 0 radical (unpaired) electrons. The smallest absolute Gasteiger partial charge is 0.00642 e. The summed E-state index contributed by atoms with van der Waals surface area (Å²) in [5, 5.41) is 3.42. The van der Waals surface area contributed by atoms with Gasteiger partial charge in [0.15, 0.2) is 0 Å². The summed E-state index contributed by atoms with van der Waals surface area (Å²) in [7, 11) is 2.11. The molecule has 0 bridgehead atoms. The molecule has 2 fully saturated rings. The number of hydrogen-bond donors (Lipinski definition) is 1. The first kappa shape index (κ1) is 16.0. The predicted molar refractivity (Wildman–Crippen MR) is 81.0 cm³/mol. The quantitative estimate of drug-likeness (QED) is 0.829. The molecule has 108 valence electrons. The summed E-state index contributed by atoms with van der Waals surface area (Å²) in [4.78, 5) is 2.71. The lowest BCUT2D eigenvalue weighted by molar-refractivity contribution is 0.145. The molecule has 0 amide bonds. The van der Waals surface area contributed by atoms with Gasteiger partial charge in [0.05, 0.1) is 0 Å². The standard InChI is InChI=1S/C14H28N2.C2H6/c1-12-7-9-16(10-8-12)11-13-3-5-14(15-2)6-4-13;1-2/h12-15H,3-11H2,1-2H3;1-2H3. The van der Waals surface area contributed by atoms with Crippen molar-refractivity contribution in [3.05, 3.63) is 0 Å². The SMILES string of the molecule is CC.CNC1CCC(CN2CCC(C)CC2)CC1. The molecular weight excluding hydrogens is 220 g/mol. The van der Waals surface area contributed by atoms with E-state index in [9.17, 15) is 0 Å². The van der Waals surface area contributed by atoms with Crippen molar-refractivity contribution in [1.82, 2.24) is 10.2 Å². The molecule has 1 aliphatic carbocycles. The van der Waals surface area contributed by atoms with Gasteiger partial charge in [-0.2, -0.15) is 0 Å². The molecule has 1 saturated carbocycles. The fourth-order valence-electron chi connectivity index (χ4n) is 3.24. The maximum Gasteiger partial charge on any atom is 0.00642 e. The van der Waals surface area contributed by atoms with Crippen LogP contribution in [0.25, 0.3) is 0 Å². The molecule has 2 nitrogen and oxygen atoms in total. The van der Waals surface area contributed by atoms with Gasteiger partial charge in [-0.1, -0.05) is 20.8 Å². The minimum atomic E-state index is 0.803. The molecule has 1 aliphatic heterocycles. The summed E-state index contributed by atoms with van der Waals surface area (Å²) in [6, 6.07) is 0.803. The highest BCUT2D eigenvalue weighted by atomic mass is 15.1. The van der Waals surface area contributed by atoms with Crippen LogP contribution in [0.5, 0.6) is 0 Å². The van der Waals surface area contributed by atoms with Crippen LogP contribution in [0.4, 0.5) is 0 Å². The van der Waals surface area contributed by atoms with Gasteiger partial charge in [-0.25, -0.2) is 0 Å². The Bertz CT molecular complexity index is 189. The van der Waals surface area contributed by atoms with E-state index in [2.05, 4.69) is 24.2 Å². The van der Waals surface area contributed by atoms with Crippen LogP contribution in [0.3, 0.4) is 0 Å². The fraction of sp³-hybridized carbons (Fsp3) is 1.00. The minimum absolute atomic E-state index is 0.803. The van der Waals surface area contributed by atoms with E-state index < -0.39 is 0 Å². The van der Waals surface area contributed by atoms with E-state index in [1.807, 2.05) is 13.8 Å². The number of rotatable bonds is 3. The first-order valence-electron chi connectivity index (χ1n) is 8.17. The fourth-order valence-corrected chi connectivity index (χ4v) is 3.24. The summed E-state index contributed by atoms with van der Waals surface area (Å²) in [5.74, 6) is 1.95. The average Bonchev–Trinajstić information content (AvgIpc) is 2.44. The summed E-state index contributed by atoms with van der Waals surface area (Å²) in [6.45, 7) is 10.5. The Morgan fingerprint density at radius 2 is 1.50 bits per heavy atom. The molecule has 1 heterocycles. The minimum Gasteiger partial charge on any atom is -0.317 e. The van der Waals surface area contributed by atoms with Gasteiger partial charge in [-0.3, -0.25) is 0 Å². The van der Waals surface area contributed by atoms with Crippen LogP contribution in [0.2, 0.25) is 0 Å². The number of likely N-dealkylation sites (tertiary alicyclic amines) is 1. The van der Waals surface area contributed by atoms with Crippen molar-refractivity contribution in [2.24, 2.45) is 11.8 Å². The van der Waals surface area contributed by atoms with E-state index >= 15 is 0 Å². The van der Waals surface area contributed by atoms with Crippen molar-refractivity contribution < 1.29 is 0 Å². The van der Waals surface area contributed by atoms with Crippen molar-refractivity contribution >= 4 is 0 Å². The molecule has 2 heteroatoms. The van der Waals surface area contributed by atoms with Crippen LogP contribution in [-0.4, -0.2) is 37.6 Å². The Labute approximate surface area is 115 Å². The summed E-state index contributed by atoms with van der Waals surface area (Å²) in [6.07, 6.45) is 8.52. The molecule has 0 unspecified atom stereocenters. The number of nitrogens with zero attached hydrogens (tertiary/aromatic N) is 1. The van der Waals surface area contributed by atoms with Crippen LogP contribution in [0.15, 0.2) is 0 Å². The Morgan fingerprint density at radius 1 is 0.944 bits per heavy atom. The van der Waals surface area contributed by atoms with Crippen molar-refractivity contribution in [3.63, 3.8) is 0 Å². The van der Waals surface area contributed by atoms with Crippen LogP contribution >= 0.6 is 0 Å². The number of nitrogens with one attached hydrogen (secondary N) is 1. The molecule has 0 aromatic rings. The molecule has 0 atom stereocenters. The highest BCUT2D eigenvalue weighted by Crippen LogP contribution is 2.26. The molecule has 0 spiro atoms. The second-order valence-corrected chi connectivity index (χ2v) is 5.99. The van der Waals surface area contributed by atoms with Gasteiger partial charge < -0.3 is 10.2 Å². The second kappa shape index (κ2) is 8.92. The molecule has 2 rings (SSSR count). The second-order valence-electron chi connectivity index (χ2n) is 5.99. The monoisotopic (exact) mass is 254 g/mol. The van der Waals surface area contributed by atoms with Crippen molar-refractivity contribution in [3.8, 4) is 0 Å². The lowest BCUT2D eigenvalue weighted by atomic mass is 9.85. The molecular formula is C16H34N2. The van der Waals surface area contributed by atoms with Gasteiger partial charge in [-0.15, -0.1) is 0 Å². The molecule has 0 aromatic carbocycles. The van der Waals surface area contributed by atoms with Gasteiger partial charge in [0.25, 0.3) is 0 Å². The molecule has 18 heavy (non-hydrogen) atoms. The third kappa shape index (κ3) is 5.27. The zero-order valence-electron chi connectivity index (χ0n) is 13.0. The Balaban J connectivity index is 0.000000771. The summed E-state index contributed by atoms with van der Waals surface area (Å²) >= 11 is 0. The largest absolute Gasteiger partial charge is 0.317 e. The van der Waals surface area contributed by atoms with E-state index in [1.165, 1.54) is 58.2 Å². The van der Waals surface area contributed by atoms with Gasteiger partial charge in [0.2, 0.25) is 0 Å². The van der Waals surface area contributed by atoms with Crippen LogP contribution < -0.4 is 5.32 Å². The first-order chi connectivity index (χ1) is 8.78. The lowest BCUT2D eigenvalue weighted by Gasteiger charge is -2.35. The van der Waals surface area contributed by atoms with Crippen molar-refractivity contribution in [2.75, 3.05) is 26.7 Å². The maximum atomic E-state index is 3.42. The Hall–Kier alpha value is -0.0800. The average molecular weight is 254 g/mol. The van der Waals surface area contributed by atoms with E-state index in [0.717, 1.165) is 17.9 Å².